The molecule has 0 saturated heterocycles. The predicted octanol–water partition coefficient (Wildman–Crippen LogP) is 3.93. The summed E-state index contributed by atoms with van der Waals surface area (Å²) in [4.78, 5) is 0. The maximum Gasteiger partial charge on any atom is 0.134 e. The van der Waals surface area contributed by atoms with Gasteiger partial charge in [-0.2, -0.15) is 0 Å². The van der Waals surface area contributed by atoms with Gasteiger partial charge in [0.25, 0.3) is 0 Å². The van der Waals surface area contributed by atoms with Crippen molar-refractivity contribution in [2.45, 2.75) is 46.1 Å². The van der Waals surface area contributed by atoms with E-state index < -0.39 is 0 Å². The summed E-state index contributed by atoms with van der Waals surface area (Å²) in [5, 5.41) is 4.73. The van der Waals surface area contributed by atoms with E-state index in [2.05, 4.69) is 44.3 Å². The van der Waals surface area contributed by atoms with Gasteiger partial charge in [-0.15, -0.1) is 0 Å². The van der Waals surface area contributed by atoms with E-state index in [1.165, 1.54) is 22.9 Å². The number of hydrogen-bond donors (Lipinski definition) is 1. The van der Waals surface area contributed by atoms with Crippen LogP contribution in [0.2, 0.25) is 0 Å². The van der Waals surface area contributed by atoms with Crippen molar-refractivity contribution in [1.82, 2.24) is 5.32 Å². The minimum Gasteiger partial charge on any atom is -0.464 e. The fourth-order valence-corrected chi connectivity index (χ4v) is 2.26. The first-order valence-electron chi connectivity index (χ1n) is 6.93. The molecule has 1 heterocycles. The van der Waals surface area contributed by atoms with E-state index in [4.69, 9.17) is 4.42 Å². The third kappa shape index (κ3) is 3.14. The van der Waals surface area contributed by atoms with Crippen molar-refractivity contribution in [2.24, 2.45) is 0 Å². The largest absolute Gasteiger partial charge is 0.464 e. The minimum absolute atomic E-state index is 0.541. The molecule has 1 aromatic heterocycles. The molecule has 0 amide bonds. The Kier molecular flexibility index (Phi) is 4.43. The Hall–Kier alpha value is -1.28. The highest BCUT2D eigenvalue weighted by Gasteiger charge is 2.06. The number of furan rings is 1. The van der Waals surface area contributed by atoms with Gasteiger partial charge in [-0.1, -0.05) is 33.3 Å². The van der Waals surface area contributed by atoms with Crippen molar-refractivity contribution in [1.29, 1.82) is 0 Å². The Morgan fingerprint density at radius 2 is 2.06 bits per heavy atom. The van der Waals surface area contributed by atoms with Gasteiger partial charge in [-0.05, 0) is 42.6 Å². The molecule has 18 heavy (non-hydrogen) atoms. The summed E-state index contributed by atoms with van der Waals surface area (Å²) in [5.74, 6) is 0. The quantitative estimate of drug-likeness (QED) is 0.834. The average Bonchev–Trinajstić information content (AvgIpc) is 2.72. The van der Waals surface area contributed by atoms with E-state index >= 15 is 0 Å². The van der Waals surface area contributed by atoms with Crippen molar-refractivity contribution in [3.63, 3.8) is 0 Å². The highest BCUT2D eigenvalue weighted by Crippen LogP contribution is 2.23. The molecule has 2 aromatic rings. The molecule has 2 rings (SSSR count). The summed E-state index contributed by atoms with van der Waals surface area (Å²) in [6, 6.07) is 7.09. The Morgan fingerprint density at radius 1 is 1.22 bits per heavy atom. The van der Waals surface area contributed by atoms with Crippen LogP contribution in [0.4, 0.5) is 0 Å². The number of aryl methyl sites for hydroxylation is 1. The molecule has 0 aliphatic rings. The topological polar surface area (TPSA) is 25.2 Å². The maximum absolute atomic E-state index is 5.61. The molecule has 0 radical (unpaired) electrons. The SMILES string of the molecule is CCCc1ccc2occ(CCNC(C)C)c2c1. The number of fused-ring (bicyclic) bond motifs is 1. The molecule has 0 saturated carbocycles. The molecule has 0 aliphatic heterocycles. The zero-order valence-electron chi connectivity index (χ0n) is 11.6. The fourth-order valence-electron chi connectivity index (χ4n) is 2.26. The zero-order chi connectivity index (χ0) is 13.0. The second-order valence-electron chi connectivity index (χ2n) is 5.20. The second kappa shape index (κ2) is 6.05. The van der Waals surface area contributed by atoms with Gasteiger partial charge in [-0.3, -0.25) is 0 Å². The number of nitrogens with one attached hydrogen (secondary N) is 1. The van der Waals surface area contributed by atoms with Crippen molar-refractivity contribution >= 4 is 11.0 Å². The maximum atomic E-state index is 5.61. The summed E-state index contributed by atoms with van der Waals surface area (Å²) in [7, 11) is 0. The van der Waals surface area contributed by atoms with Gasteiger partial charge in [0.15, 0.2) is 0 Å². The fraction of sp³-hybridized carbons (Fsp3) is 0.500. The molecule has 0 aliphatic carbocycles. The van der Waals surface area contributed by atoms with Crippen LogP contribution in [0.1, 0.15) is 38.3 Å². The molecular formula is C16H23NO. The van der Waals surface area contributed by atoms with Crippen molar-refractivity contribution < 1.29 is 4.42 Å². The number of benzene rings is 1. The molecule has 0 bridgehead atoms. The van der Waals surface area contributed by atoms with Crippen molar-refractivity contribution in [2.75, 3.05) is 6.54 Å². The molecule has 1 aromatic carbocycles. The van der Waals surface area contributed by atoms with Crippen LogP contribution in [0.15, 0.2) is 28.9 Å². The molecule has 0 spiro atoms. The van der Waals surface area contributed by atoms with Crippen LogP contribution in [-0.4, -0.2) is 12.6 Å². The van der Waals surface area contributed by atoms with Crippen LogP contribution in [0.3, 0.4) is 0 Å². The third-order valence-electron chi connectivity index (χ3n) is 3.20. The molecule has 0 atom stereocenters. The first-order chi connectivity index (χ1) is 8.70. The van der Waals surface area contributed by atoms with Crippen molar-refractivity contribution in [3.05, 3.63) is 35.6 Å². The molecule has 2 nitrogen and oxygen atoms in total. The van der Waals surface area contributed by atoms with E-state index in [-0.39, 0.29) is 0 Å². The van der Waals surface area contributed by atoms with Crippen LogP contribution in [0.25, 0.3) is 11.0 Å². The molecular weight excluding hydrogens is 222 g/mol. The van der Waals surface area contributed by atoms with Crippen LogP contribution >= 0.6 is 0 Å². The van der Waals surface area contributed by atoms with Gasteiger partial charge < -0.3 is 9.73 Å². The minimum atomic E-state index is 0.541. The predicted molar refractivity (Wildman–Crippen MR) is 77.1 cm³/mol. The van der Waals surface area contributed by atoms with Gasteiger partial charge >= 0.3 is 0 Å². The Bertz CT molecular complexity index is 499. The Morgan fingerprint density at radius 3 is 2.78 bits per heavy atom. The normalized spacial score (nSPS) is 11.6. The summed E-state index contributed by atoms with van der Waals surface area (Å²) >= 11 is 0. The molecule has 0 fully saturated rings. The van der Waals surface area contributed by atoms with Crippen LogP contribution < -0.4 is 5.32 Å². The lowest BCUT2D eigenvalue weighted by Gasteiger charge is -2.06. The molecule has 0 unspecified atom stereocenters. The second-order valence-corrected chi connectivity index (χ2v) is 5.20. The third-order valence-corrected chi connectivity index (χ3v) is 3.20. The lowest BCUT2D eigenvalue weighted by molar-refractivity contribution is 0.580. The van der Waals surface area contributed by atoms with Crippen LogP contribution in [0.5, 0.6) is 0 Å². The van der Waals surface area contributed by atoms with Gasteiger partial charge in [0, 0.05) is 11.4 Å². The van der Waals surface area contributed by atoms with Crippen molar-refractivity contribution in [3.8, 4) is 0 Å². The van der Waals surface area contributed by atoms with Gasteiger partial charge in [0.2, 0.25) is 0 Å². The first-order valence-corrected chi connectivity index (χ1v) is 6.93. The summed E-state index contributed by atoms with van der Waals surface area (Å²) < 4.78 is 5.61. The highest BCUT2D eigenvalue weighted by molar-refractivity contribution is 5.81. The smallest absolute Gasteiger partial charge is 0.134 e. The van der Waals surface area contributed by atoms with E-state index in [0.717, 1.165) is 25.0 Å². The monoisotopic (exact) mass is 245 g/mol. The molecule has 1 N–H and O–H groups in total. The molecule has 98 valence electrons. The summed E-state index contributed by atoms with van der Waals surface area (Å²) in [6.45, 7) is 7.57. The van der Waals surface area contributed by atoms with Gasteiger partial charge in [0.1, 0.15) is 5.58 Å². The lowest BCUT2D eigenvalue weighted by Crippen LogP contribution is -2.24. The van der Waals surface area contributed by atoms with E-state index in [9.17, 15) is 0 Å². The molecule has 2 heteroatoms. The Balaban J connectivity index is 2.14. The Labute approximate surface area is 109 Å². The van der Waals surface area contributed by atoms with Gasteiger partial charge in [0.05, 0.1) is 6.26 Å². The van der Waals surface area contributed by atoms with Crippen LogP contribution in [-0.2, 0) is 12.8 Å². The van der Waals surface area contributed by atoms with E-state index in [1.807, 2.05) is 6.26 Å². The summed E-state index contributed by atoms with van der Waals surface area (Å²) in [5.41, 5.74) is 3.73. The standard InChI is InChI=1S/C16H23NO/c1-4-5-13-6-7-16-15(10-13)14(11-18-16)8-9-17-12(2)3/h6-7,10-12,17H,4-5,8-9H2,1-3H3. The van der Waals surface area contributed by atoms with E-state index in [1.54, 1.807) is 0 Å². The zero-order valence-corrected chi connectivity index (χ0v) is 11.6. The average molecular weight is 245 g/mol. The number of hydrogen-bond acceptors (Lipinski definition) is 2. The van der Waals surface area contributed by atoms with Gasteiger partial charge in [-0.25, -0.2) is 0 Å². The number of rotatable bonds is 6. The van der Waals surface area contributed by atoms with E-state index in [0.29, 0.717) is 6.04 Å². The lowest BCUT2D eigenvalue weighted by atomic mass is 10.0. The van der Waals surface area contributed by atoms with Crippen LogP contribution in [0, 0.1) is 0 Å². The first kappa shape index (κ1) is 13.2. The summed E-state index contributed by atoms with van der Waals surface area (Å²) in [6.07, 6.45) is 5.27. The highest BCUT2D eigenvalue weighted by atomic mass is 16.3.